The molecular formula is C23H20N6O2. The fourth-order valence-corrected chi connectivity index (χ4v) is 3.28. The fourth-order valence-electron chi connectivity index (χ4n) is 3.28. The number of aromatic nitrogens is 5. The maximum absolute atomic E-state index is 5.66. The lowest BCUT2D eigenvalue weighted by Gasteiger charge is -2.18. The van der Waals surface area contributed by atoms with Crippen molar-refractivity contribution in [1.82, 2.24) is 24.9 Å². The predicted molar refractivity (Wildman–Crippen MR) is 116 cm³/mol. The molecule has 1 aliphatic heterocycles. The second-order valence-electron chi connectivity index (χ2n) is 7.07. The number of rotatable bonds is 5. The van der Waals surface area contributed by atoms with Crippen LogP contribution in [0.1, 0.15) is 17.1 Å². The molecule has 8 heteroatoms. The zero-order chi connectivity index (χ0) is 21.0. The minimum Gasteiger partial charge on any atom is -0.486 e. The van der Waals surface area contributed by atoms with Crippen molar-refractivity contribution in [3.63, 3.8) is 0 Å². The third-order valence-electron chi connectivity index (χ3n) is 4.70. The monoisotopic (exact) mass is 412 g/mol. The minimum atomic E-state index is 0.555. The van der Waals surface area contributed by atoms with Crippen LogP contribution in [0.5, 0.6) is 11.5 Å². The maximum Gasteiger partial charge on any atom is 0.180 e. The van der Waals surface area contributed by atoms with Gasteiger partial charge < -0.3 is 14.8 Å². The van der Waals surface area contributed by atoms with Crippen LogP contribution >= 0.6 is 0 Å². The summed E-state index contributed by atoms with van der Waals surface area (Å²) >= 11 is 0. The summed E-state index contributed by atoms with van der Waals surface area (Å²) in [6.45, 7) is 3.08. The highest BCUT2D eigenvalue weighted by Gasteiger charge is 2.13. The number of hydrogen-bond acceptors (Lipinski definition) is 8. The number of hydrogen-bond donors (Lipinski definition) is 1. The Morgan fingerprint density at radius 2 is 1.65 bits per heavy atom. The van der Waals surface area contributed by atoms with E-state index in [1.807, 2.05) is 43.3 Å². The summed E-state index contributed by atoms with van der Waals surface area (Å²) in [5.74, 6) is 4.07. The van der Waals surface area contributed by atoms with Gasteiger partial charge in [0, 0.05) is 24.5 Å². The van der Waals surface area contributed by atoms with Crippen LogP contribution in [0.2, 0.25) is 0 Å². The molecule has 31 heavy (non-hydrogen) atoms. The molecule has 5 rings (SSSR count). The summed E-state index contributed by atoms with van der Waals surface area (Å²) in [4.78, 5) is 22.4. The fraction of sp³-hybridized carbons (Fsp3) is 0.174. The van der Waals surface area contributed by atoms with Gasteiger partial charge in [-0.15, -0.1) is 0 Å². The quantitative estimate of drug-likeness (QED) is 0.530. The standard InChI is InChI=1S/C23H20N6O2/c1-15-3-2-4-17(26-15)23-25-10-8-21(29-23)27-20-7-9-24-22(28-20)14-16-5-6-18-19(13-16)31-12-11-30-18/h2-10,13H,11-12,14H2,1H3,(H,24,25,27,28,29). The molecule has 1 aromatic carbocycles. The van der Waals surface area contributed by atoms with Crippen molar-refractivity contribution in [2.24, 2.45) is 0 Å². The number of nitrogens with zero attached hydrogens (tertiary/aromatic N) is 5. The maximum atomic E-state index is 5.66. The van der Waals surface area contributed by atoms with Gasteiger partial charge in [-0.1, -0.05) is 12.1 Å². The Morgan fingerprint density at radius 1 is 0.839 bits per heavy atom. The molecule has 0 saturated carbocycles. The van der Waals surface area contributed by atoms with Gasteiger partial charge in [-0.3, -0.25) is 0 Å². The number of anilines is 2. The highest BCUT2D eigenvalue weighted by molar-refractivity contribution is 5.56. The van der Waals surface area contributed by atoms with E-state index in [1.165, 1.54) is 0 Å². The van der Waals surface area contributed by atoms with Crippen LogP contribution in [0.4, 0.5) is 11.6 Å². The Kier molecular flexibility index (Phi) is 5.10. The van der Waals surface area contributed by atoms with Gasteiger partial charge in [-0.25, -0.2) is 24.9 Å². The number of nitrogens with one attached hydrogen (secondary N) is 1. The van der Waals surface area contributed by atoms with Crippen LogP contribution in [-0.2, 0) is 6.42 Å². The first-order valence-electron chi connectivity index (χ1n) is 9.97. The van der Waals surface area contributed by atoms with Crippen molar-refractivity contribution in [3.8, 4) is 23.0 Å². The van der Waals surface area contributed by atoms with Gasteiger partial charge >= 0.3 is 0 Å². The van der Waals surface area contributed by atoms with E-state index in [0.717, 1.165) is 28.5 Å². The second kappa shape index (κ2) is 8.35. The first-order chi connectivity index (χ1) is 15.2. The van der Waals surface area contributed by atoms with Crippen molar-refractivity contribution in [2.45, 2.75) is 13.3 Å². The summed E-state index contributed by atoms with van der Waals surface area (Å²) in [5.41, 5.74) is 2.70. The molecule has 0 amide bonds. The number of ether oxygens (including phenoxy) is 2. The number of pyridine rings is 1. The molecule has 3 aromatic heterocycles. The van der Waals surface area contributed by atoms with Crippen LogP contribution in [0.25, 0.3) is 11.5 Å². The SMILES string of the molecule is Cc1cccc(-c2nccc(Nc3ccnc(Cc4ccc5c(c4)OCCO5)n3)n2)n1. The van der Waals surface area contributed by atoms with Crippen LogP contribution in [0.3, 0.4) is 0 Å². The van der Waals surface area contributed by atoms with Gasteiger partial charge in [0.1, 0.15) is 36.4 Å². The van der Waals surface area contributed by atoms with E-state index in [1.54, 1.807) is 24.5 Å². The van der Waals surface area contributed by atoms with Crippen LogP contribution in [0.15, 0.2) is 60.9 Å². The molecule has 4 aromatic rings. The Bertz CT molecular complexity index is 1230. The molecule has 1 N–H and O–H groups in total. The lowest BCUT2D eigenvalue weighted by molar-refractivity contribution is 0.171. The number of fused-ring (bicyclic) bond motifs is 1. The van der Waals surface area contributed by atoms with Crippen molar-refractivity contribution in [2.75, 3.05) is 18.5 Å². The molecular weight excluding hydrogens is 392 g/mol. The van der Waals surface area contributed by atoms with E-state index in [4.69, 9.17) is 9.47 Å². The Balaban J connectivity index is 1.33. The number of aryl methyl sites for hydroxylation is 1. The van der Waals surface area contributed by atoms with Crippen molar-refractivity contribution in [3.05, 3.63) is 78.0 Å². The van der Waals surface area contributed by atoms with Crippen LogP contribution in [0, 0.1) is 6.92 Å². The molecule has 1 aliphatic rings. The summed E-state index contributed by atoms with van der Waals surface area (Å²) < 4.78 is 11.2. The predicted octanol–water partition coefficient (Wildman–Crippen LogP) is 3.74. The lowest BCUT2D eigenvalue weighted by Crippen LogP contribution is -2.15. The minimum absolute atomic E-state index is 0.555. The second-order valence-corrected chi connectivity index (χ2v) is 7.07. The summed E-state index contributed by atoms with van der Waals surface area (Å²) in [6, 6.07) is 15.3. The van der Waals surface area contributed by atoms with Gasteiger partial charge in [0.25, 0.3) is 0 Å². The summed E-state index contributed by atoms with van der Waals surface area (Å²) in [5, 5.41) is 3.23. The normalized spacial score (nSPS) is 12.4. The van der Waals surface area contributed by atoms with Crippen molar-refractivity contribution in [1.29, 1.82) is 0 Å². The molecule has 0 bridgehead atoms. The Morgan fingerprint density at radius 3 is 2.52 bits per heavy atom. The third kappa shape index (κ3) is 4.42. The molecule has 0 fully saturated rings. The van der Waals surface area contributed by atoms with Gasteiger partial charge in [0.15, 0.2) is 17.3 Å². The van der Waals surface area contributed by atoms with Crippen LogP contribution < -0.4 is 14.8 Å². The third-order valence-corrected chi connectivity index (χ3v) is 4.70. The van der Waals surface area contributed by atoms with Crippen molar-refractivity contribution >= 4 is 11.6 Å². The van der Waals surface area contributed by atoms with Gasteiger partial charge in [0.05, 0.1) is 0 Å². The molecule has 0 saturated heterocycles. The number of benzene rings is 1. The molecule has 154 valence electrons. The van der Waals surface area contributed by atoms with E-state index in [9.17, 15) is 0 Å². The zero-order valence-electron chi connectivity index (χ0n) is 16.9. The Hall–Kier alpha value is -4.07. The van der Waals surface area contributed by atoms with E-state index in [2.05, 4.69) is 30.2 Å². The zero-order valence-corrected chi connectivity index (χ0v) is 16.9. The van der Waals surface area contributed by atoms with Crippen LogP contribution in [-0.4, -0.2) is 38.1 Å². The average molecular weight is 412 g/mol. The highest BCUT2D eigenvalue weighted by Crippen LogP contribution is 2.31. The van der Waals surface area contributed by atoms with E-state index >= 15 is 0 Å². The molecule has 4 heterocycles. The topological polar surface area (TPSA) is 94.9 Å². The molecule has 8 nitrogen and oxygen atoms in total. The highest BCUT2D eigenvalue weighted by atomic mass is 16.6. The molecule has 0 radical (unpaired) electrons. The first kappa shape index (κ1) is 18.9. The summed E-state index contributed by atoms with van der Waals surface area (Å²) in [7, 11) is 0. The Labute approximate surface area is 179 Å². The lowest BCUT2D eigenvalue weighted by atomic mass is 10.1. The van der Waals surface area contributed by atoms with E-state index in [0.29, 0.717) is 42.9 Å². The molecule has 0 spiro atoms. The van der Waals surface area contributed by atoms with Gasteiger partial charge in [-0.05, 0) is 48.9 Å². The largest absolute Gasteiger partial charge is 0.486 e. The van der Waals surface area contributed by atoms with Crippen molar-refractivity contribution < 1.29 is 9.47 Å². The first-order valence-corrected chi connectivity index (χ1v) is 9.97. The molecule has 0 aliphatic carbocycles. The summed E-state index contributed by atoms with van der Waals surface area (Å²) in [6.07, 6.45) is 4.01. The van der Waals surface area contributed by atoms with E-state index in [-0.39, 0.29) is 0 Å². The average Bonchev–Trinajstić information content (AvgIpc) is 2.79. The molecule has 0 unspecified atom stereocenters. The van der Waals surface area contributed by atoms with Gasteiger partial charge in [-0.2, -0.15) is 0 Å². The van der Waals surface area contributed by atoms with E-state index < -0.39 is 0 Å². The molecule has 0 atom stereocenters. The van der Waals surface area contributed by atoms with Gasteiger partial charge in [0.2, 0.25) is 0 Å². The smallest absolute Gasteiger partial charge is 0.180 e.